The Balaban J connectivity index is 2.23. The second kappa shape index (κ2) is 5.52. The third kappa shape index (κ3) is 2.79. The summed E-state index contributed by atoms with van der Waals surface area (Å²) in [5, 5.41) is 3.36. The number of hydrogen-bond donors (Lipinski definition) is 1. The standard InChI is InChI=1S/C14H21NO2/c1-10-8-13(15-2)12-9-11(6-7-16-3)4-5-14(12)17-10/h4-5,9-10,13,15H,6-8H2,1-3H3. The van der Waals surface area contributed by atoms with Gasteiger partial charge in [0.05, 0.1) is 12.7 Å². The Morgan fingerprint density at radius 3 is 3.00 bits per heavy atom. The molecular formula is C14H21NO2. The molecule has 1 aliphatic rings. The zero-order chi connectivity index (χ0) is 12.3. The van der Waals surface area contributed by atoms with Gasteiger partial charge in [-0.3, -0.25) is 0 Å². The van der Waals surface area contributed by atoms with Crippen LogP contribution in [0.15, 0.2) is 18.2 Å². The van der Waals surface area contributed by atoms with E-state index < -0.39 is 0 Å². The summed E-state index contributed by atoms with van der Waals surface area (Å²) in [5.41, 5.74) is 2.59. The Hall–Kier alpha value is -1.06. The van der Waals surface area contributed by atoms with Crippen molar-refractivity contribution in [3.63, 3.8) is 0 Å². The quantitative estimate of drug-likeness (QED) is 0.868. The molecule has 0 radical (unpaired) electrons. The third-order valence-corrected chi connectivity index (χ3v) is 3.29. The summed E-state index contributed by atoms with van der Waals surface area (Å²) in [6.07, 6.45) is 2.26. The van der Waals surface area contributed by atoms with Crippen molar-refractivity contribution in [1.82, 2.24) is 5.32 Å². The van der Waals surface area contributed by atoms with Crippen LogP contribution in [0, 0.1) is 0 Å². The van der Waals surface area contributed by atoms with E-state index in [-0.39, 0.29) is 6.10 Å². The fraction of sp³-hybridized carbons (Fsp3) is 0.571. The third-order valence-electron chi connectivity index (χ3n) is 3.29. The van der Waals surface area contributed by atoms with Gasteiger partial charge in [-0.1, -0.05) is 12.1 Å². The molecular weight excluding hydrogens is 214 g/mol. The van der Waals surface area contributed by atoms with E-state index >= 15 is 0 Å². The zero-order valence-electron chi connectivity index (χ0n) is 10.8. The van der Waals surface area contributed by atoms with Crippen LogP contribution in [0.2, 0.25) is 0 Å². The first-order valence-corrected chi connectivity index (χ1v) is 6.20. The zero-order valence-corrected chi connectivity index (χ0v) is 10.8. The lowest BCUT2D eigenvalue weighted by Crippen LogP contribution is -2.29. The molecule has 2 atom stereocenters. The van der Waals surface area contributed by atoms with Gasteiger partial charge in [0.15, 0.2) is 0 Å². The van der Waals surface area contributed by atoms with Gasteiger partial charge in [0.1, 0.15) is 5.75 Å². The van der Waals surface area contributed by atoms with Crippen LogP contribution in [0.25, 0.3) is 0 Å². The molecule has 3 heteroatoms. The van der Waals surface area contributed by atoms with Gasteiger partial charge in [-0.25, -0.2) is 0 Å². The predicted molar refractivity (Wildman–Crippen MR) is 68.5 cm³/mol. The van der Waals surface area contributed by atoms with Crippen LogP contribution in [0.5, 0.6) is 5.75 Å². The maximum Gasteiger partial charge on any atom is 0.124 e. The van der Waals surface area contributed by atoms with Gasteiger partial charge in [-0.15, -0.1) is 0 Å². The number of rotatable bonds is 4. The molecule has 0 amide bonds. The second-order valence-corrected chi connectivity index (χ2v) is 4.62. The van der Waals surface area contributed by atoms with E-state index in [4.69, 9.17) is 9.47 Å². The van der Waals surface area contributed by atoms with Gasteiger partial charge >= 0.3 is 0 Å². The number of hydrogen-bond acceptors (Lipinski definition) is 3. The summed E-state index contributed by atoms with van der Waals surface area (Å²) in [6.45, 7) is 2.88. The summed E-state index contributed by atoms with van der Waals surface area (Å²) < 4.78 is 11.0. The first-order valence-electron chi connectivity index (χ1n) is 6.20. The Morgan fingerprint density at radius 1 is 1.47 bits per heavy atom. The van der Waals surface area contributed by atoms with Gasteiger partial charge in [0.25, 0.3) is 0 Å². The molecule has 17 heavy (non-hydrogen) atoms. The molecule has 1 aromatic rings. The van der Waals surface area contributed by atoms with E-state index in [0.29, 0.717) is 6.04 Å². The largest absolute Gasteiger partial charge is 0.490 e. The first-order chi connectivity index (χ1) is 8.24. The van der Waals surface area contributed by atoms with E-state index in [9.17, 15) is 0 Å². The summed E-state index contributed by atoms with van der Waals surface area (Å²) in [6, 6.07) is 6.85. The second-order valence-electron chi connectivity index (χ2n) is 4.62. The summed E-state index contributed by atoms with van der Waals surface area (Å²) in [5.74, 6) is 1.02. The molecule has 2 rings (SSSR count). The number of ether oxygens (including phenoxy) is 2. The van der Waals surface area contributed by atoms with Crippen LogP contribution >= 0.6 is 0 Å². The lowest BCUT2D eigenvalue weighted by atomic mass is 9.95. The fourth-order valence-electron chi connectivity index (χ4n) is 2.35. The SMILES string of the molecule is CNC1CC(C)Oc2ccc(CCOC)cc21. The summed E-state index contributed by atoms with van der Waals surface area (Å²) >= 11 is 0. The van der Waals surface area contributed by atoms with Crippen molar-refractivity contribution >= 4 is 0 Å². The number of methoxy groups -OCH3 is 1. The highest BCUT2D eigenvalue weighted by atomic mass is 16.5. The minimum atomic E-state index is 0.282. The average molecular weight is 235 g/mol. The van der Waals surface area contributed by atoms with Crippen LogP contribution in [0.4, 0.5) is 0 Å². The molecule has 0 fully saturated rings. The Kier molecular flexibility index (Phi) is 4.02. The van der Waals surface area contributed by atoms with Crippen LogP contribution in [-0.4, -0.2) is 26.9 Å². The van der Waals surface area contributed by atoms with Crippen LogP contribution in [-0.2, 0) is 11.2 Å². The number of nitrogens with one attached hydrogen (secondary N) is 1. The van der Waals surface area contributed by atoms with Crippen LogP contribution < -0.4 is 10.1 Å². The van der Waals surface area contributed by atoms with E-state index in [1.165, 1.54) is 11.1 Å². The van der Waals surface area contributed by atoms with Gasteiger partial charge < -0.3 is 14.8 Å². The molecule has 1 aromatic carbocycles. The molecule has 2 unspecified atom stereocenters. The van der Waals surface area contributed by atoms with Crippen molar-refractivity contribution in [2.75, 3.05) is 20.8 Å². The Bertz CT molecular complexity index is 378. The maximum absolute atomic E-state index is 5.85. The highest BCUT2D eigenvalue weighted by Crippen LogP contribution is 2.35. The fourth-order valence-corrected chi connectivity index (χ4v) is 2.35. The molecule has 94 valence electrons. The van der Waals surface area contributed by atoms with Crippen molar-refractivity contribution in [3.05, 3.63) is 29.3 Å². The van der Waals surface area contributed by atoms with Gasteiger partial charge in [-0.05, 0) is 32.0 Å². The smallest absolute Gasteiger partial charge is 0.124 e. The summed E-state index contributed by atoms with van der Waals surface area (Å²) in [7, 11) is 3.74. The van der Waals surface area contributed by atoms with Crippen LogP contribution in [0.1, 0.15) is 30.5 Å². The predicted octanol–water partition coefficient (Wildman–Crippen LogP) is 2.31. The van der Waals surface area contributed by atoms with Crippen molar-refractivity contribution in [1.29, 1.82) is 0 Å². The van der Waals surface area contributed by atoms with E-state index in [0.717, 1.165) is 25.2 Å². The summed E-state index contributed by atoms with van der Waals surface area (Å²) in [4.78, 5) is 0. The minimum absolute atomic E-state index is 0.282. The topological polar surface area (TPSA) is 30.5 Å². The molecule has 1 heterocycles. The van der Waals surface area contributed by atoms with Crippen molar-refractivity contribution in [3.8, 4) is 5.75 Å². The minimum Gasteiger partial charge on any atom is -0.490 e. The lowest BCUT2D eigenvalue weighted by Gasteiger charge is -2.30. The number of benzene rings is 1. The Labute approximate surface area is 103 Å². The van der Waals surface area contributed by atoms with E-state index in [1.807, 2.05) is 7.05 Å². The molecule has 0 aromatic heterocycles. The van der Waals surface area contributed by atoms with Crippen molar-refractivity contribution in [2.24, 2.45) is 0 Å². The highest BCUT2D eigenvalue weighted by Gasteiger charge is 2.24. The molecule has 0 saturated heterocycles. The average Bonchev–Trinajstić information content (AvgIpc) is 2.35. The molecule has 1 aliphatic heterocycles. The van der Waals surface area contributed by atoms with Gasteiger partial charge in [0.2, 0.25) is 0 Å². The molecule has 0 spiro atoms. The normalized spacial score (nSPS) is 23.0. The van der Waals surface area contributed by atoms with Gasteiger partial charge in [0, 0.05) is 25.1 Å². The van der Waals surface area contributed by atoms with Gasteiger partial charge in [-0.2, -0.15) is 0 Å². The number of fused-ring (bicyclic) bond motifs is 1. The van der Waals surface area contributed by atoms with E-state index in [1.54, 1.807) is 7.11 Å². The monoisotopic (exact) mass is 235 g/mol. The van der Waals surface area contributed by atoms with Crippen molar-refractivity contribution in [2.45, 2.75) is 31.9 Å². The molecule has 1 N–H and O–H groups in total. The highest BCUT2D eigenvalue weighted by molar-refractivity contribution is 5.41. The molecule has 3 nitrogen and oxygen atoms in total. The molecule has 0 bridgehead atoms. The van der Waals surface area contributed by atoms with E-state index in [2.05, 4.69) is 30.4 Å². The van der Waals surface area contributed by atoms with Crippen LogP contribution in [0.3, 0.4) is 0 Å². The first kappa shape index (κ1) is 12.4. The lowest BCUT2D eigenvalue weighted by molar-refractivity contribution is 0.168. The molecule has 0 aliphatic carbocycles. The molecule has 0 saturated carbocycles. The van der Waals surface area contributed by atoms with Crippen molar-refractivity contribution < 1.29 is 9.47 Å². The Morgan fingerprint density at radius 2 is 2.29 bits per heavy atom. The maximum atomic E-state index is 5.85.